The smallest absolute Gasteiger partial charge is 0.172 e. The van der Waals surface area contributed by atoms with Crippen molar-refractivity contribution in [2.45, 2.75) is 26.7 Å². The van der Waals surface area contributed by atoms with Crippen LogP contribution < -0.4 is 10.1 Å². The zero-order valence-electron chi connectivity index (χ0n) is 12.1. The molecule has 0 heterocycles. The molecule has 0 atom stereocenters. The fourth-order valence-electron chi connectivity index (χ4n) is 1.76. The quantitative estimate of drug-likeness (QED) is 0.672. The normalized spacial score (nSPS) is 11.1. The summed E-state index contributed by atoms with van der Waals surface area (Å²) >= 11 is 3.30. The van der Waals surface area contributed by atoms with Gasteiger partial charge in [-0.15, -0.1) is 0 Å². The average molecular weight is 348 g/mol. The molecule has 0 radical (unpaired) electrons. The minimum Gasteiger partial charge on any atom is -0.503 e. The molecule has 1 aromatic carbocycles. The zero-order valence-corrected chi connectivity index (χ0v) is 13.7. The van der Waals surface area contributed by atoms with E-state index in [1.807, 2.05) is 19.9 Å². The summed E-state index contributed by atoms with van der Waals surface area (Å²) in [5.74, 6) is 0.556. The highest BCUT2D eigenvalue weighted by Crippen LogP contribution is 2.35. The Bertz CT molecular complexity index is 408. The number of phenols is 1. The molecule has 0 saturated carbocycles. The molecule has 114 valence electrons. The molecule has 6 heteroatoms. The first-order valence-corrected chi connectivity index (χ1v) is 7.40. The molecule has 0 spiro atoms. The monoisotopic (exact) mass is 347 g/mol. The van der Waals surface area contributed by atoms with E-state index in [1.165, 1.54) is 7.11 Å². The number of phenolic OH excluding ortho intramolecular Hbond substituents is 1. The number of nitrogens with one attached hydrogen (secondary N) is 1. The fourth-order valence-corrected chi connectivity index (χ4v) is 2.25. The van der Waals surface area contributed by atoms with Gasteiger partial charge in [0.1, 0.15) is 0 Å². The fraction of sp³-hybridized carbons (Fsp3) is 0.571. The summed E-state index contributed by atoms with van der Waals surface area (Å²) in [6.07, 6.45) is -0.243. The summed E-state index contributed by atoms with van der Waals surface area (Å²) < 4.78 is 16.6. The van der Waals surface area contributed by atoms with Crippen molar-refractivity contribution in [2.24, 2.45) is 0 Å². The number of aromatic hydroxyl groups is 1. The van der Waals surface area contributed by atoms with Crippen LogP contribution in [-0.4, -0.2) is 38.3 Å². The third-order valence-electron chi connectivity index (χ3n) is 2.65. The largest absolute Gasteiger partial charge is 0.503 e. The Labute approximate surface area is 128 Å². The highest BCUT2D eigenvalue weighted by Gasteiger charge is 2.10. The first-order chi connectivity index (χ1) is 9.62. The molecule has 0 amide bonds. The van der Waals surface area contributed by atoms with Crippen LogP contribution in [0.1, 0.15) is 19.4 Å². The number of methoxy groups -OCH3 is 1. The highest BCUT2D eigenvalue weighted by atomic mass is 79.9. The molecule has 0 aromatic heterocycles. The lowest BCUT2D eigenvalue weighted by molar-refractivity contribution is -0.133. The molecule has 1 aromatic rings. The van der Waals surface area contributed by atoms with E-state index in [-0.39, 0.29) is 12.0 Å². The SMILES string of the molecule is CCOC(CNCc1cc(Br)c(O)c(OC)c1)OCC. The van der Waals surface area contributed by atoms with Crippen LogP contribution in [-0.2, 0) is 16.0 Å². The molecule has 0 fully saturated rings. The standard InChI is InChI=1S/C14H22BrNO4/c1-4-19-13(20-5-2)9-16-8-10-6-11(15)14(17)12(7-10)18-3/h6-7,13,16-17H,4-5,8-9H2,1-3H3. The predicted molar refractivity (Wildman–Crippen MR) is 81.1 cm³/mol. The molecule has 1 rings (SSSR count). The number of rotatable bonds is 9. The van der Waals surface area contributed by atoms with Crippen LogP contribution in [0.5, 0.6) is 11.5 Å². The van der Waals surface area contributed by atoms with Crippen molar-refractivity contribution in [1.29, 1.82) is 0 Å². The van der Waals surface area contributed by atoms with E-state index in [0.29, 0.717) is 36.5 Å². The van der Waals surface area contributed by atoms with E-state index in [2.05, 4.69) is 21.2 Å². The van der Waals surface area contributed by atoms with Gasteiger partial charge in [0.25, 0.3) is 0 Å². The second-order valence-electron chi connectivity index (χ2n) is 4.10. The van der Waals surface area contributed by atoms with Crippen LogP contribution in [0, 0.1) is 0 Å². The maximum Gasteiger partial charge on any atom is 0.172 e. The number of benzene rings is 1. The summed E-state index contributed by atoms with van der Waals surface area (Å²) in [5, 5.41) is 13.0. The molecule has 5 nitrogen and oxygen atoms in total. The second-order valence-corrected chi connectivity index (χ2v) is 4.95. The maximum atomic E-state index is 9.74. The third-order valence-corrected chi connectivity index (χ3v) is 3.26. The van der Waals surface area contributed by atoms with Gasteiger partial charge in [0.2, 0.25) is 0 Å². The van der Waals surface area contributed by atoms with Crippen molar-refractivity contribution in [3.05, 3.63) is 22.2 Å². The lowest BCUT2D eigenvalue weighted by Gasteiger charge is -2.17. The average Bonchev–Trinajstić information content (AvgIpc) is 2.43. The number of hydrogen-bond acceptors (Lipinski definition) is 5. The summed E-state index contributed by atoms with van der Waals surface area (Å²) in [4.78, 5) is 0. The first-order valence-electron chi connectivity index (χ1n) is 6.61. The molecule has 0 bridgehead atoms. The van der Waals surface area contributed by atoms with Crippen LogP contribution in [0.3, 0.4) is 0 Å². The van der Waals surface area contributed by atoms with E-state index < -0.39 is 0 Å². The van der Waals surface area contributed by atoms with Gasteiger partial charge in [0, 0.05) is 26.3 Å². The molecule has 0 aliphatic heterocycles. The molecule has 0 saturated heterocycles. The Morgan fingerprint density at radius 2 is 1.90 bits per heavy atom. The summed E-state index contributed by atoms with van der Waals surface area (Å²) in [7, 11) is 1.53. The van der Waals surface area contributed by atoms with Gasteiger partial charge in [-0.2, -0.15) is 0 Å². The van der Waals surface area contributed by atoms with Crippen molar-refractivity contribution in [2.75, 3.05) is 26.9 Å². The number of halogens is 1. The lowest BCUT2D eigenvalue weighted by atomic mass is 10.2. The van der Waals surface area contributed by atoms with Gasteiger partial charge < -0.3 is 24.6 Å². The van der Waals surface area contributed by atoms with Gasteiger partial charge in [0.05, 0.1) is 11.6 Å². The first kappa shape index (κ1) is 17.2. The van der Waals surface area contributed by atoms with Crippen molar-refractivity contribution in [3.8, 4) is 11.5 Å². The van der Waals surface area contributed by atoms with Crippen molar-refractivity contribution in [3.63, 3.8) is 0 Å². The van der Waals surface area contributed by atoms with Crippen LogP contribution in [0.25, 0.3) is 0 Å². The predicted octanol–water partition coefficient (Wildman–Crippen LogP) is 2.65. The minimum absolute atomic E-state index is 0.109. The van der Waals surface area contributed by atoms with Crippen LogP contribution >= 0.6 is 15.9 Å². The Morgan fingerprint density at radius 1 is 1.25 bits per heavy atom. The van der Waals surface area contributed by atoms with Crippen LogP contribution in [0.15, 0.2) is 16.6 Å². The molecule has 0 aliphatic carbocycles. The molecular weight excluding hydrogens is 326 g/mol. The minimum atomic E-state index is -0.243. The van der Waals surface area contributed by atoms with E-state index >= 15 is 0 Å². The maximum absolute atomic E-state index is 9.74. The highest BCUT2D eigenvalue weighted by molar-refractivity contribution is 9.10. The lowest BCUT2D eigenvalue weighted by Crippen LogP contribution is -2.31. The molecule has 0 aliphatic rings. The Hall–Kier alpha value is -0.820. The van der Waals surface area contributed by atoms with Crippen molar-refractivity contribution >= 4 is 15.9 Å². The Morgan fingerprint density at radius 3 is 2.45 bits per heavy atom. The third kappa shape index (κ3) is 5.28. The number of hydrogen-bond donors (Lipinski definition) is 2. The number of ether oxygens (including phenoxy) is 3. The van der Waals surface area contributed by atoms with Gasteiger partial charge in [-0.05, 0) is 47.5 Å². The van der Waals surface area contributed by atoms with Gasteiger partial charge >= 0.3 is 0 Å². The van der Waals surface area contributed by atoms with Gasteiger partial charge in [0.15, 0.2) is 17.8 Å². The molecule has 20 heavy (non-hydrogen) atoms. The Balaban J connectivity index is 2.54. The molecular formula is C14H22BrNO4. The summed E-state index contributed by atoms with van der Waals surface area (Å²) in [5.41, 5.74) is 0.998. The summed E-state index contributed by atoms with van der Waals surface area (Å²) in [6.45, 7) is 6.34. The Kier molecular flexibility index (Phi) is 7.91. The van der Waals surface area contributed by atoms with Crippen molar-refractivity contribution in [1.82, 2.24) is 5.32 Å². The van der Waals surface area contributed by atoms with Crippen LogP contribution in [0.2, 0.25) is 0 Å². The van der Waals surface area contributed by atoms with Crippen molar-refractivity contribution < 1.29 is 19.3 Å². The van der Waals surface area contributed by atoms with Gasteiger partial charge in [-0.1, -0.05) is 0 Å². The zero-order chi connectivity index (χ0) is 15.0. The molecule has 2 N–H and O–H groups in total. The van der Waals surface area contributed by atoms with E-state index in [0.717, 1.165) is 5.56 Å². The molecule has 0 unspecified atom stereocenters. The van der Waals surface area contributed by atoms with E-state index in [1.54, 1.807) is 6.07 Å². The van der Waals surface area contributed by atoms with E-state index in [9.17, 15) is 5.11 Å². The topological polar surface area (TPSA) is 60.0 Å². The van der Waals surface area contributed by atoms with Gasteiger partial charge in [-0.25, -0.2) is 0 Å². The van der Waals surface area contributed by atoms with E-state index in [4.69, 9.17) is 14.2 Å². The second kappa shape index (κ2) is 9.18. The van der Waals surface area contributed by atoms with Gasteiger partial charge in [-0.3, -0.25) is 0 Å². The summed E-state index contributed by atoms with van der Waals surface area (Å²) in [6, 6.07) is 3.64. The van der Waals surface area contributed by atoms with Crippen LogP contribution in [0.4, 0.5) is 0 Å².